The van der Waals surface area contributed by atoms with E-state index in [9.17, 15) is 4.79 Å². The largest absolute Gasteiger partial charge is 0.322 e. The van der Waals surface area contributed by atoms with E-state index in [1.165, 1.54) is 0 Å². The van der Waals surface area contributed by atoms with Crippen LogP contribution in [0.5, 0.6) is 0 Å². The van der Waals surface area contributed by atoms with Gasteiger partial charge in [-0.05, 0) is 36.6 Å². The fourth-order valence-electron chi connectivity index (χ4n) is 1.40. The predicted molar refractivity (Wildman–Crippen MR) is 70.4 cm³/mol. The Morgan fingerprint density at radius 3 is 2.88 bits per heavy atom. The molecule has 0 unspecified atom stereocenters. The first kappa shape index (κ1) is 11.7. The predicted octanol–water partition coefficient (Wildman–Crippen LogP) is 3.06. The molecule has 0 aliphatic heterocycles. The molecule has 0 aliphatic carbocycles. The molecule has 1 amide bonds. The molecule has 0 fully saturated rings. The highest BCUT2D eigenvalue weighted by Crippen LogP contribution is 2.19. The van der Waals surface area contributed by atoms with Gasteiger partial charge in [0.05, 0.1) is 5.56 Å². The van der Waals surface area contributed by atoms with Crippen molar-refractivity contribution < 1.29 is 4.79 Å². The molecule has 2 rings (SSSR count). The minimum Gasteiger partial charge on any atom is -0.322 e. The van der Waals surface area contributed by atoms with Crippen molar-refractivity contribution >= 4 is 23.4 Å². The van der Waals surface area contributed by atoms with Crippen LogP contribution in [0.25, 0.3) is 0 Å². The highest BCUT2D eigenvalue weighted by Gasteiger charge is 2.05. The number of benzene rings is 1. The van der Waals surface area contributed by atoms with Crippen molar-refractivity contribution in [1.82, 2.24) is 4.98 Å². The Hall–Kier alpha value is -1.81. The Labute approximate surface area is 104 Å². The molecular weight excluding hydrogens is 232 g/mol. The van der Waals surface area contributed by atoms with Crippen molar-refractivity contribution in [3.8, 4) is 0 Å². The van der Waals surface area contributed by atoms with Gasteiger partial charge in [-0.1, -0.05) is 6.07 Å². The number of carbonyl (C=O) groups is 1. The van der Waals surface area contributed by atoms with Gasteiger partial charge in [0.25, 0.3) is 5.91 Å². The lowest BCUT2D eigenvalue weighted by Gasteiger charge is -2.05. The summed E-state index contributed by atoms with van der Waals surface area (Å²) in [6.45, 7) is 0. The maximum atomic E-state index is 11.9. The molecule has 0 bridgehead atoms. The van der Waals surface area contributed by atoms with Crippen molar-refractivity contribution in [3.05, 3.63) is 54.4 Å². The number of hydrogen-bond donors (Lipinski definition) is 1. The van der Waals surface area contributed by atoms with E-state index in [-0.39, 0.29) is 5.91 Å². The summed E-state index contributed by atoms with van der Waals surface area (Å²) < 4.78 is 0. The fourth-order valence-corrected chi connectivity index (χ4v) is 1.86. The van der Waals surface area contributed by atoms with Gasteiger partial charge in [-0.25, -0.2) is 0 Å². The van der Waals surface area contributed by atoms with Gasteiger partial charge in [0.15, 0.2) is 0 Å². The molecule has 0 spiro atoms. The minimum atomic E-state index is -0.142. The van der Waals surface area contributed by atoms with Gasteiger partial charge < -0.3 is 5.32 Å². The zero-order chi connectivity index (χ0) is 12.1. The molecule has 3 nitrogen and oxygen atoms in total. The molecule has 86 valence electrons. The van der Waals surface area contributed by atoms with Crippen LogP contribution in [0.4, 0.5) is 5.69 Å². The first-order valence-corrected chi connectivity index (χ1v) is 6.37. The number of nitrogens with zero attached hydrogens (tertiary/aromatic N) is 1. The molecule has 0 atom stereocenters. The molecule has 0 saturated heterocycles. The number of rotatable bonds is 3. The van der Waals surface area contributed by atoms with Crippen molar-refractivity contribution in [2.24, 2.45) is 0 Å². The molecule has 0 aliphatic rings. The van der Waals surface area contributed by atoms with E-state index < -0.39 is 0 Å². The van der Waals surface area contributed by atoms with Crippen LogP contribution in [0.2, 0.25) is 0 Å². The van der Waals surface area contributed by atoms with Gasteiger partial charge in [0.1, 0.15) is 0 Å². The van der Waals surface area contributed by atoms with Gasteiger partial charge in [-0.15, -0.1) is 11.8 Å². The third-order valence-electron chi connectivity index (χ3n) is 2.25. The van der Waals surface area contributed by atoms with E-state index in [0.29, 0.717) is 5.56 Å². The fraction of sp³-hybridized carbons (Fsp3) is 0.0769. The highest BCUT2D eigenvalue weighted by molar-refractivity contribution is 7.98. The molecule has 0 saturated carbocycles. The summed E-state index contributed by atoms with van der Waals surface area (Å²) in [5.74, 6) is -0.142. The maximum Gasteiger partial charge on any atom is 0.257 e. The third kappa shape index (κ3) is 3.07. The number of anilines is 1. The average Bonchev–Trinajstić information content (AvgIpc) is 2.40. The van der Waals surface area contributed by atoms with E-state index in [4.69, 9.17) is 0 Å². The number of aromatic nitrogens is 1. The second-order valence-electron chi connectivity index (χ2n) is 3.43. The summed E-state index contributed by atoms with van der Waals surface area (Å²) in [7, 11) is 0. The van der Waals surface area contributed by atoms with Crippen LogP contribution < -0.4 is 5.32 Å². The van der Waals surface area contributed by atoms with Crippen LogP contribution in [0.3, 0.4) is 0 Å². The van der Waals surface area contributed by atoms with Crippen LogP contribution >= 0.6 is 11.8 Å². The molecule has 0 radical (unpaired) electrons. The molecule has 4 heteroatoms. The number of nitrogens with one attached hydrogen (secondary N) is 1. The molecule has 2 aromatic rings. The van der Waals surface area contributed by atoms with Crippen LogP contribution in [0, 0.1) is 0 Å². The maximum absolute atomic E-state index is 11.9. The van der Waals surface area contributed by atoms with Crippen LogP contribution in [-0.2, 0) is 0 Å². The van der Waals surface area contributed by atoms with E-state index in [1.807, 2.05) is 30.5 Å². The van der Waals surface area contributed by atoms with E-state index in [2.05, 4.69) is 10.3 Å². The van der Waals surface area contributed by atoms with Gasteiger partial charge in [0, 0.05) is 23.0 Å². The zero-order valence-corrected chi connectivity index (χ0v) is 10.2. The summed E-state index contributed by atoms with van der Waals surface area (Å²) in [5, 5.41) is 2.84. The first-order chi connectivity index (χ1) is 8.29. The lowest BCUT2D eigenvalue weighted by atomic mass is 10.2. The van der Waals surface area contributed by atoms with Crippen LogP contribution in [-0.4, -0.2) is 17.1 Å². The summed E-state index contributed by atoms with van der Waals surface area (Å²) in [6.07, 6.45) is 5.20. The van der Waals surface area contributed by atoms with E-state index >= 15 is 0 Å². The molecule has 17 heavy (non-hydrogen) atoms. The lowest BCUT2D eigenvalue weighted by molar-refractivity contribution is 0.102. The van der Waals surface area contributed by atoms with Crippen LogP contribution in [0.15, 0.2) is 53.7 Å². The molecule has 1 N–H and O–H groups in total. The van der Waals surface area contributed by atoms with Gasteiger partial charge in [0.2, 0.25) is 0 Å². The standard InChI is InChI=1S/C13H12N2OS/c1-17-12-6-2-5-11(8-12)15-13(16)10-4-3-7-14-9-10/h2-9H,1H3,(H,15,16). The lowest BCUT2D eigenvalue weighted by Crippen LogP contribution is -2.11. The van der Waals surface area contributed by atoms with Crippen LogP contribution in [0.1, 0.15) is 10.4 Å². The van der Waals surface area contributed by atoms with Gasteiger partial charge >= 0.3 is 0 Å². The Balaban J connectivity index is 2.13. The topological polar surface area (TPSA) is 42.0 Å². The normalized spacial score (nSPS) is 9.94. The zero-order valence-electron chi connectivity index (χ0n) is 9.38. The molecule has 1 aromatic carbocycles. The summed E-state index contributed by atoms with van der Waals surface area (Å²) in [6, 6.07) is 11.2. The summed E-state index contributed by atoms with van der Waals surface area (Å²) in [4.78, 5) is 16.9. The number of amides is 1. The first-order valence-electron chi connectivity index (χ1n) is 5.15. The van der Waals surface area contributed by atoms with E-state index in [1.54, 1.807) is 36.3 Å². The van der Waals surface area contributed by atoms with Gasteiger partial charge in [-0.3, -0.25) is 9.78 Å². The van der Waals surface area contributed by atoms with Crippen molar-refractivity contribution in [1.29, 1.82) is 0 Å². The highest BCUT2D eigenvalue weighted by atomic mass is 32.2. The van der Waals surface area contributed by atoms with Crippen molar-refractivity contribution in [3.63, 3.8) is 0 Å². The molecule has 1 heterocycles. The second kappa shape index (κ2) is 5.50. The SMILES string of the molecule is CSc1cccc(NC(=O)c2cccnc2)c1. The Kier molecular flexibility index (Phi) is 3.77. The smallest absolute Gasteiger partial charge is 0.257 e. The number of carbonyl (C=O) groups excluding carboxylic acids is 1. The summed E-state index contributed by atoms with van der Waals surface area (Å²) >= 11 is 1.64. The molecular formula is C13H12N2OS. The monoisotopic (exact) mass is 244 g/mol. The number of hydrogen-bond acceptors (Lipinski definition) is 3. The molecule has 1 aromatic heterocycles. The Morgan fingerprint density at radius 2 is 2.18 bits per heavy atom. The number of pyridine rings is 1. The van der Waals surface area contributed by atoms with Gasteiger partial charge in [-0.2, -0.15) is 0 Å². The average molecular weight is 244 g/mol. The van der Waals surface area contributed by atoms with Crippen molar-refractivity contribution in [2.75, 3.05) is 11.6 Å². The quantitative estimate of drug-likeness (QED) is 0.844. The second-order valence-corrected chi connectivity index (χ2v) is 4.31. The van der Waals surface area contributed by atoms with Crippen molar-refractivity contribution in [2.45, 2.75) is 4.90 Å². The van der Waals surface area contributed by atoms with E-state index in [0.717, 1.165) is 10.6 Å². The number of thioether (sulfide) groups is 1. The minimum absolute atomic E-state index is 0.142. The summed E-state index contributed by atoms with van der Waals surface area (Å²) in [5.41, 5.74) is 1.35. The Bertz CT molecular complexity index is 514. The third-order valence-corrected chi connectivity index (χ3v) is 2.98. The Morgan fingerprint density at radius 1 is 1.29 bits per heavy atom.